The van der Waals surface area contributed by atoms with Gasteiger partial charge in [-0.25, -0.2) is 4.79 Å². The third-order valence-electron chi connectivity index (χ3n) is 4.78. The average Bonchev–Trinajstić information content (AvgIpc) is 2.69. The lowest BCUT2D eigenvalue weighted by Gasteiger charge is -2.39. The fourth-order valence-electron chi connectivity index (χ4n) is 3.09. The van der Waals surface area contributed by atoms with Gasteiger partial charge in [-0.05, 0) is 38.0 Å². The van der Waals surface area contributed by atoms with Crippen LogP contribution in [0.15, 0.2) is 0 Å². The van der Waals surface area contributed by atoms with Crippen molar-refractivity contribution in [3.05, 3.63) is 0 Å². The van der Waals surface area contributed by atoms with Crippen LogP contribution in [0.1, 0.15) is 65.2 Å². The van der Waals surface area contributed by atoms with E-state index >= 15 is 0 Å². The second-order valence-corrected chi connectivity index (χ2v) is 14.1. The number of carbonyl (C=O) groups excluding carboxylic acids is 3. The Morgan fingerprint density at radius 2 is 1.70 bits per heavy atom. The first-order valence-corrected chi connectivity index (χ1v) is 14.1. The van der Waals surface area contributed by atoms with Gasteiger partial charge in [0, 0.05) is 25.8 Å². The van der Waals surface area contributed by atoms with Crippen molar-refractivity contribution in [3.8, 4) is 0 Å². The largest absolute Gasteiger partial charge is 0.459 e. The van der Waals surface area contributed by atoms with Crippen LogP contribution in [-0.2, 0) is 30.9 Å². The molecule has 1 rings (SSSR count). The average molecular weight is 437 g/mol. The summed E-state index contributed by atoms with van der Waals surface area (Å²) in [5.41, 5.74) is -2.78. The van der Waals surface area contributed by atoms with E-state index < -0.39 is 17.4 Å². The first-order chi connectivity index (χ1) is 12.8. The molecule has 0 aliphatic heterocycles. The lowest BCUT2D eigenvalue weighted by Crippen LogP contribution is -2.39. The molecule has 0 spiro atoms. The standard InChI is InChI=1S/C18H33N2O4PS2/c1-5-7-11-14-27-25(26,20(4)17(22)18(23)24-6-2)19(3)16(21)15-12-9-8-10-13-15/h15H,5-14H2,1-4H3. The third-order valence-corrected chi connectivity index (χ3v) is 12.9. The molecule has 6 nitrogen and oxygen atoms in total. The van der Waals surface area contributed by atoms with Gasteiger partial charge in [0.25, 0.3) is 0 Å². The fourth-order valence-corrected chi connectivity index (χ4v) is 8.87. The van der Waals surface area contributed by atoms with Gasteiger partial charge in [-0.3, -0.25) is 18.9 Å². The highest BCUT2D eigenvalue weighted by Gasteiger charge is 2.39. The van der Waals surface area contributed by atoms with Crippen LogP contribution >= 0.6 is 16.9 Å². The van der Waals surface area contributed by atoms with Gasteiger partial charge in [0.15, 0.2) is 5.54 Å². The van der Waals surface area contributed by atoms with Crippen LogP contribution in [0.2, 0.25) is 0 Å². The molecule has 27 heavy (non-hydrogen) atoms. The number of esters is 1. The van der Waals surface area contributed by atoms with Gasteiger partial charge in [0.05, 0.1) is 6.61 Å². The van der Waals surface area contributed by atoms with Crippen molar-refractivity contribution in [3.63, 3.8) is 0 Å². The highest BCUT2D eigenvalue weighted by molar-refractivity contribution is 8.69. The number of amides is 2. The maximum Gasteiger partial charge on any atom is 0.397 e. The first-order valence-electron chi connectivity index (χ1n) is 9.77. The van der Waals surface area contributed by atoms with Crippen LogP contribution < -0.4 is 0 Å². The van der Waals surface area contributed by atoms with Crippen LogP contribution in [0.4, 0.5) is 0 Å². The van der Waals surface area contributed by atoms with E-state index in [9.17, 15) is 14.4 Å². The fraction of sp³-hybridized carbons (Fsp3) is 0.833. The van der Waals surface area contributed by atoms with Crippen molar-refractivity contribution in [1.29, 1.82) is 0 Å². The van der Waals surface area contributed by atoms with E-state index in [1.54, 1.807) is 18.6 Å². The Balaban J connectivity index is 3.00. The van der Waals surface area contributed by atoms with Crippen molar-refractivity contribution in [1.82, 2.24) is 9.34 Å². The van der Waals surface area contributed by atoms with Crippen molar-refractivity contribution in [2.24, 2.45) is 5.92 Å². The Morgan fingerprint density at radius 3 is 2.26 bits per heavy atom. The summed E-state index contributed by atoms with van der Waals surface area (Å²) in [5, 5.41) is 0. The van der Waals surface area contributed by atoms with Crippen LogP contribution in [-0.4, -0.2) is 53.6 Å². The zero-order valence-corrected chi connectivity index (χ0v) is 19.5. The number of carbonyl (C=O) groups is 3. The minimum Gasteiger partial charge on any atom is -0.459 e. The minimum atomic E-state index is -2.78. The molecule has 156 valence electrons. The lowest BCUT2D eigenvalue weighted by atomic mass is 9.89. The molecular formula is C18H33N2O4PS2. The maximum atomic E-state index is 13.1. The summed E-state index contributed by atoms with van der Waals surface area (Å²) in [6.07, 6.45) is 8.11. The normalized spacial score (nSPS) is 17.0. The Bertz CT molecular complexity index is 568. The van der Waals surface area contributed by atoms with E-state index in [2.05, 4.69) is 6.92 Å². The van der Waals surface area contributed by atoms with Crippen LogP contribution in [0.3, 0.4) is 0 Å². The predicted molar refractivity (Wildman–Crippen MR) is 115 cm³/mol. The van der Waals surface area contributed by atoms with Crippen molar-refractivity contribution < 1.29 is 19.1 Å². The van der Waals surface area contributed by atoms with E-state index in [4.69, 9.17) is 16.5 Å². The minimum absolute atomic E-state index is 0.00420. The molecule has 0 aromatic heterocycles. The molecule has 0 bridgehead atoms. The zero-order valence-electron chi connectivity index (χ0n) is 16.9. The number of likely N-dealkylation sites (N-methyl/N-ethyl adjacent to an activating group) is 1. The van der Waals surface area contributed by atoms with Crippen LogP contribution in [0.25, 0.3) is 0 Å². The molecule has 0 aromatic carbocycles. The van der Waals surface area contributed by atoms with E-state index in [0.717, 1.165) is 57.1 Å². The topological polar surface area (TPSA) is 66.9 Å². The molecule has 2 amide bonds. The Hall–Kier alpha value is -0.590. The Labute approximate surface area is 172 Å². The van der Waals surface area contributed by atoms with E-state index in [1.807, 2.05) is 0 Å². The Kier molecular flexibility index (Phi) is 10.9. The summed E-state index contributed by atoms with van der Waals surface area (Å²) in [4.78, 5) is 37.6. The SMILES string of the molecule is CCCCCSP(=S)(N(C)C(=O)C(=O)OCC)N(C)C(=O)C1CCCCC1. The molecule has 1 fully saturated rings. The zero-order chi connectivity index (χ0) is 20.4. The Morgan fingerprint density at radius 1 is 1.07 bits per heavy atom. The molecule has 9 heteroatoms. The van der Waals surface area contributed by atoms with Gasteiger partial charge >= 0.3 is 11.9 Å². The van der Waals surface area contributed by atoms with Crippen molar-refractivity contribution in [2.75, 3.05) is 26.5 Å². The quantitative estimate of drug-likeness (QED) is 0.234. The van der Waals surface area contributed by atoms with Gasteiger partial charge in [-0.1, -0.05) is 50.4 Å². The lowest BCUT2D eigenvalue weighted by molar-refractivity contribution is -0.157. The second-order valence-electron chi connectivity index (χ2n) is 6.78. The third kappa shape index (κ3) is 6.75. The van der Waals surface area contributed by atoms with E-state index in [0.29, 0.717) is 0 Å². The number of unbranched alkanes of at least 4 members (excludes halogenated alkanes) is 2. The molecular weight excluding hydrogens is 403 g/mol. The molecule has 1 aliphatic rings. The summed E-state index contributed by atoms with van der Waals surface area (Å²) in [5.74, 6) is -0.959. The highest BCUT2D eigenvalue weighted by atomic mass is 32.9. The highest BCUT2D eigenvalue weighted by Crippen LogP contribution is 2.64. The number of hydrogen-bond donors (Lipinski definition) is 0. The molecule has 0 radical (unpaired) electrons. The molecule has 0 N–H and O–H groups in total. The smallest absolute Gasteiger partial charge is 0.397 e. The summed E-state index contributed by atoms with van der Waals surface area (Å²) in [6, 6.07) is 0. The van der Waals surface area contributed by atoms with E-state index in [-0.39, 0.29) is 18.4 Å². The van der Waals surface area contributed by atoms with Crippen LogP contribution in [0.5, 0.6) is 0 Å². The number of nitrogens with zero attached hydrogens (tertiary/aromatic N) is 2. The van der Waals surface area contributed by atoms with Gasteiger partial charge in [0.2, 0.25) is 5.91 Å². The molecule has 1 saturated carbocycles. The second kappa shape index (κ2) is 12.1. The van der Waals surface area contributed by atoms with Gasteiger partial charge in [-0.2, -0.15) is 0 Å². The van der Waals surface area contributed by atoms with Crippen molar-refractivity contribution in [2.45, 2.75) is 65.2 Å². The van der Waals surface area contributed by atoms with Gasteiger partial charge in [-0.15, -0.1) is 0 Å². The van der Waals surface area contributed by atoms with Gasteiger partial charge in [0.1, 0.15) is 0 Å². The molecule has 0 heterocycles. The summed E-state index contributed by atoms with van der Waals surface area (Å²) in [6.45, 7) is 3.90. The summed E-state index contributed by atoms with van der Waals surface area (Å²) >= 11 is 7.36. The summed E-state index contributed by atoms with van der Waals surface area (Å²) in [7, 11) is 3.22. The molecule has 1 unspecified atom stereocenters. The summed E-state index contributed by atoms with van der Waals surface area (Å²) < 4.78 is 7.73. The maximum absolute atomic E-state index is 13.1. The molecule has 0 aromatic rings. The van der Waals surface area contributed by atoms with Gasteiger partial charge < -0.3 is 4.74 Å². The molecule has 1 atom stereocenters. The number of hydrogen-bond acceptors (Lipinski definition) is 6. The predicted octanol–water partition coefficient (Wildman–Crippen LogP) is 4.19. The number of ether oxygens (including phenoxy) is 1. The molecule has 1 aliphatic carbocycles. The first kappa shape index (κ1) is 24.4. The number of rotatable bonds is 9. The van der Waals surface area contributed by atoms with Crippen molar-refractivity contribution >= 4 is 46.5 Å². The van der Waals surface area contributed by atoms with Crippen LogP contribution in [0, 0.1) is 5.92 Å². The monoisotopic (exact) mass is 436 g/mol. The molecule has 0 saturated heterocycles. The van der Waals surface area contributed by atoms with E-state index in [1.165, 1.54) is 23.1 Å².